The molecule has 0 spiro atoms. The van der Waals surface area contributed by atoms with Crippen molar-refractivity contribution in [1.82, 2.24) is 9.97 Å². The van der Waals surface area contributed by atoms with Crippen LogP contribution in [0.5, 0.6) is 5.88 Å². The minimum Gasteiger partial charge on any atom is -0.479 e. The van der Waals surface area contributed by atoms with Gasteiger partial charge in [-0.2, -0.15) is 13.2 Å². The number of alkyl halides is 3. The Morgan fingerprint density at radius 3 is 2.48 bits per heavy atom. The Hall–Kier alpha value is -3.92. The van der Waals surface area contributed by atoms with Crippen LogP contribution in [0.2, 0.25) is 0 Å². The molecule has 0 saturated carbocycles. The van der Waals surface area contributed by atoms with Crippen molar-refractivity contribution in [3.05, 3.63) is 83.4 Å². The van der Waals surface area contributed by atoms with Gasteiger partial charge in [0.25, 0.3) is 0 Å². The number of hydrogen-bond donors (Lipinski definition) is 4. The average Bonchev–Trinajstić information content (AvgIpc) is 3.24. The molecule has 4 aromatic rings. The van der Waals surface area contributed by atoms with Crippen molar-refractivity contribution in [2.75, 3.05) is 12.4 Å². The summed E-state index contributed by atoms with van der Waals surface area (Å²) in [6, 6.07) is 10.3. The molecule has 0 fully saturated rings. The molecule has 33 heavy (non-hydrogen) atoms. The Kier molecular flexibility index (Phi) is 5.54. The zero-order valence-corrected chi connectivity index (χ0v) is 17.2. The highest BCUT2D eigenvalue weighted by Gasteiger charge is 2.57. The molecule has 1 unspecified atom stereocenters. The first kappa shape index (κ1) is 22.3. The molecule has 4 N–H and O–H groups in total. The molecule has 6 nitrogen and oxygen atoms in total. The van der Waals surface area contributed by atoms with Gasteiger partial charge in [0, 0.05) is 46.5 Å². The molecule has 2 heterocycles. The third-order valence-electron chi connectivity index (χ3n) is 5.31. The molecule has 1 atom stereocenters. The lowest BCUT2D eigenvalue weighted by atomic mass is 9.84. The lowest BCUT2D eigenvalue weighted by molar-refractivity contribution is -0.247. The third-order valence-corrected chi connectivity index (χ3v) is 5.31. The second-order valence-electron chi connectivity index (χ2n) is 7.23. The summed E-state index contributed by atoms with van der Waals surface area (Å²) in [7, 11) is 1.33. The van der Waals surface area contributed by atoms with Gasteiger partial charge < -0.3 is 25.6 Å². The van der Waals surface area contributed by atoms with Gasteiger partial charge in [-0.05, 0) is 48.0 Å². The number of hydrogen-bond acceptors (Lipinski definition) is 5. The SMILES string of the molecule is COc1nccc2c(C(O)(c3ccc(Nc4ccc(F)cc4)c(C=N)c3)C(F)(F)F)c[nH]c12. The van der Waals surface area contributed by atoms with E-state index in [0.717, 1.165) is 24.5 Å². The zero-order chi connectivity index (χ0) is 23.8. The highest BCUT2D eigenvalue weighted by molar-refractivity contribution is 5.90. The van der Waals surface area contributed by atoms with Gasteiger partial charge in [-0.3, -0.25) is 0 Å². The lowest BCUT2D eigenvalue weighted by Gasteiger charge is -2.31. The highest BCUT2D eigenvalue weighted by atomic mass is 19.4. The van der Waals surface area contributed by atoms with Crippen molar-refractivity contribution >= 4 is 28.5 Å². The fraction of sp³-hybridized carbons (Fsp3) is 0.130. The van der Waals surface area contributed by atoms with E-state index in [9.17, 15) is 22.7 Å². The first-order valence-electron chi connectivity index (χ1n) is 9.66. The Labute approximate surface area is 185 Å². The van der Waals surface area contributed by atoms with E-state index < -0.39 is 28.7 Å². The second kappa shape index (κ2) is 8.21. The number of pyridine rings is 1. The number of methoxy groups -OCH3 is 1. The summed E-state index contributed by atoms with van der Waals surface area (Å²) in [5, 5.41) is 21.8. The topological polar surface area (TPSA) is 94.0 Å². The summed E-state index contributed by atoms with van der Waals surface area (Å²) < 4.78 is 61.3. The summed E-state index contributed by atoms with van der Waals surface area (Å²) in [5.74, 6) is -0.355. The molecule has 10 heteroatoms. The number of nitrogens with one attached hydrogen (secondary N) is 3. The van der Waals surface area contributed by atoms with E-state index in [0.29, 0.717) is 11.4 Å². The van der Waals surface area contributed by atoms with Crippen LogP contribution in [0.3, 0.4) is 0 Å². The van der Waals surface area contributed by atoms with Crippen molar-refractivity contribution < 1.29 is 27.4 Å². The summed E-state index contributed by atoms with van der Waals surface area (Å²) in [5.41, 5.74) is -3.19. The number of ether oxygens (including phenoxy) is 1. The van der Waals surface area contributed by atoms with Crippen LogP contribution in [0.15, 0.2) is 60.9 Å². The Balaban J connectivity index is 1.85. The summed E-state index contributed by atoms with van der Waals surface area (Å²) in [4.78, 5) is 6.66. The van der Waals surface area contributed by atoms with Gasteiger partial charge in [-0.1, -0.05) is 6.07 Å². The highest BCUT2D eigenvalue weighted by Crippen LogP contribution is 2.47. The number of halogens is 4. The smallest absolute Gasteiger partial charge is 0.425 e. The van der Waals surface area contributed by atoms with Crippen molar-refractivity contribution in [1.29, 1.82) is 5.41 Å². The molecule has 0 radical (unpaired) electrons. The van der Waals surface area contributed by atoms with E-state index in [-0.39, 0.29) is 22.3 Å². The minimum atomic E-state index is -5.09. The summed E-state index contributed by atoms with van der Waals surface area (Å²) >= 11 is 0. The molecule has 0 saturated heterocycles. The molecular formula is C23H18F4N4O2. The fourth-order valence-electron chi connectivity index (χ4n) is 3.66. The van der Waals surface area contributed by atoms with Crippen molar-refractivity contribution in [2.45, 2.75) is 11.8 Å². The van der Waals surface area contributed by atoms with Crippen LogP contribution in [0.25, 0.3) is 10.9 Å². The van der Waals surface area contributed by atoms with Crippen molar-refractivity contribution in [3.63, 3.8) is 0 Å². The fourth-order valence-corrected chi connectivity index (χ4v) is 3.66. The number of rotatable bonds is 6. The molecule has 0 aliphatic rings. The van der Waals surface area contributed by atoms with Crippen LogP contribution in [0, 0.1) is 11.2 Å². The Morgan fingerprint density at radius 2 is 1.85 bits per heavy atom. The van der Waals surface area contributed by atoms with Crippen LogP contribution in [0.4, 0.5) is 28.9 Å². The van der Waals surface area contributed by atoms with Crippen LogP contribution < -0.4 is 10.1 Å². The number of benzene rings is 2. The number of aromatic nitrogens is 2. The zero-order valence-electron chi connectivity index (χ0n) is 17.2. The number of nitrogens with zero attached hydrogens (tertiary/aromatic N) is 1. The number of H-pyrrole nitrogens is 1. The Bertz CT molecular complexity index is 1320. The van der Waals surface area contributed by atoms with Gasteiger partial charge in [0.1, 0.15) is 11.3 Å². The molecule has 2 aromatic heterocycles. The normalized spacial score (nSPS) is 13.5. The van der Waals surface area contributed by atoms with Gasteiger partial charge in [-0.25, -0.2) is 9.37 Å². The van der Waals surface area contributed by atoms with Crippen LogP contribution in [-0.4, -0.2) is 34.6 Å². The van der Waals surface area contributed by atoms with Gasteiger partial charge in [-0.15, -0.1) is 0 Å². The maximum atomic E-state index is 14.4. The predicted molar refractivity (Wildman–Crippen MR) is 116 cm³/mol. The van der Waals surface area contributed by atoms with Gasteiger partial charge in [0.15, 0.2) is 0 Å². The first-order valence-corrected chi connectivity index (χ1v) is 9.66. The molecule has 0 aliphatic carbocycles. The van der Waals surface area contributed by atoms with E-state index in [1.54, 1.807) is 0 Å². The van der Waals surface area contributed by atoms with E-state index in [1.807, 2.05) is 0 Å². The third kappa shape index (κ3) is 3.78. The maximum absolute atomic E-state index is 14.4. The average molecular weight is 458 g/mol. The number of aromatic amines is 1. The van der Waals surface area contributed by atoms with Crippen LogP contribution >= 0.6 is 0 Å². The molecular weight excluding hydrogens is 440 g/mol. The van der Waals surface area contributed by atoms with Gasteiger partial charge in [0.2, 0.25) is 11.5 Å². The van der Waals surface area contributed by atoms with E-state index in [4.69, 9.17) is 10.1 Å². The molecule has 0 amide bonds. The van der Waals surface area contributed by atoms with Gasteiger partial charge >= 0.3 is 6.18 Å². The van der Waals surface area contributed by atoms with Crippen LogP contribution in [0.1, 0.15) is 16.7 Å². The largest absolute Gasteiger partial charge is 0.479 e. The predicted octanol–water partition coefficient (Wildman–Crippen LogP) is 5.25. The maximum Gasteiger partial charge on any atom is 0.425 e. The molecule has 0 bridgehead atoms. The monoisotopic (exact) mass is 458 g/mol. The number of aliphatic hydroxyl groups is 1. The summed E-state index contributed by atoms with van der Waals surface area (Å²) in [6.45, 7) is 0. The van der Waals surface area contributed by atoms with Gasteiger partial charge in [0.05, 0.1) is 7.11 Å². The van der Waals surface area contributed by atoms with Crippen molar-refractivity contribution in [3.8, 4) is 5.88 Å². The lowest BCUT2D eigenvalue weighted by Crippen LogP contribution is -2.43. The second-order valence-corrected chi connectivity index (χ2v) is 7.23. The van der Waals surface area contributed by atoms with Crippen molar-refractivity contribution in [2.24, 2.45) is 0 Å². The molecule has 170 valence electrons. The minimum absolute atomic E-state index is 0.0855. The quantitative estimate of drug-likeness (QED) is 0.235. The number of fused-ring (bicyclic) bond motifs is 1. The van der Waals surface area contributed by atoms with E-state index in [2.05, 4.69) is 15.3 Å². The first-order chi connectivity index (χ1) is 15.7. The molecule has 2 aromatic carbocycles. The number of anilines is 2. The van der Waals surface area contributed by atoms with E-state index >= 15 is 0 Å². The molecule has 0 aliphatic heterocycles. The van der Waals surface area contributed by atoms with E-state index in [1.165, 1.54) is 49.7 Å². The molecule has 4 rings (SSSR count). The van der Waals surface area contributed by atoms with Crippen LogP contribution in [-0.2, 0) is 5.60 Å². The standard InChI is InChI=1S/C23H18F4N4O2/c1-33-21-20-17(8-9-29-21)18(12-30-20)22(32,23(25,26)27)14-2-7-19(13(10-14)11-28)31-16-5-3-15(24)4-6-16/h2-12,28,30-32H,1H3. The Morgan fingerprint density at radius 1 is 1.12 bits per heavy atom. The summed E-state index contributed by atoms with van der Waals surface area (Å²) in [6.07, 6.45) is -1.87.